The molecular formula is C17H22O6. The molecule has 0 radical (unpaired) electrons. The number of carbonyl (C=O) groups excluding carboxylic acids is 1. The molecule has 0 atom stereocenters. The SMILES string of the molecule is CCCCCCCCOC(=O)c1ccc(C(=O)O)cc1C(=O)O. The predicted molar refractivity (Wildman–Crippen MR) is 84.0 cm³/mol. The van der Waals surface area contributed by atoms with Gasteiger partial charge >= 0.3 is 17.9 Å². The molecule has 0 aliphatic carbocycles. The molecule has 2 N–H and O–H groups in total. The highest BCUT2D eigenvalue weighted by Gasteiger charge is 2.19. The van der Waals surface area contributed by atoms with E-state index in [4.69, 9.17) is 14.9 Å². The summed E-state index contributed by atoms with van der Waals surface area (Å²) < 4.78 is 5.08. The number of aromatic carboxylic acids is 2. The van der Waals surface area contributed by atoms with Gasteiger partial charge in [0.2, 0.25) is 0 Å². The van der Waals surface area contributed by atoms with E-state index >= 15 is 0 Å². The summed E-state index contributed by atoms with van der Waals surface area (Å²) in [6, 6.07) is 3.33. The topological polar surface area (TPSA) is 101 Å². The standard InChI is InChI=1S/C17H22O6/c1-2-3-4-5-6-7-10-23-17(22)13-9-8-12(15(18)19)11-14(13)16(20)21/h8-9,11H,2-7,10H2,1H3,(H,18,19)(H,20,21). The maximum Gasteiger partial charge on any atom is 0.339 e. The first kappa shape index (κ1) is 18.7. The van der Waals surface area contributed by atoms with E-state index in [0.29, 0.717) is 0 Å². The summed E-state index contributed by atoms with van der Waals surface area (Å²) in [5.41, 5.74) is -0.679. The second-order valence-corrected chi connectivity index (χ2v) is 5.27. The van der Waals surface area contributed by atoms with Crippen LogP contribution < -0.4 is 0 Å². The third-order valence-electron chi connectivity index (χ3n) is 3.45. The number of carbonyl (C=O) groups is 3. The number of rotatable bonds is 10. The number of hydrogen-bond acceptors (Lipinski definition) is 4. The van der Waals surface area contributed by atoms with E-state index in [1.807, 2.05) is 0 Å². The lowest BCUT2D eigenvalue weighted by Gasteiger charge is -2.08. The molecule has 0 fully saturated rings. The summed E-state index contributed by atoms with van der Waals surface area (Å²) in [6.45, 7) is 2.36. The van der Waals surface area contributed by atoms with Crippen molar-refractivity contribution in [3.05, 3.63) is 34.9 Å². The number of carboxylic acids is 2. The molecule has 0 unspecified atom stereocenters. The summed E-state index contributed by atoms with van der Waals surface area (Å²) in [5, 5.41) is 18.0. The molecule has 23 heavy (non-hydrogen) atoms. The summed E-state index contributed by atoms with van der Waals surface area (Å²) in [4.78, 5) is 34.0. The largest absolute Gasteiger partial charge is 0.478 e. The molecule has 0 bridgehead atoms. The molecule has 6 heteroatoms. The zero-order chi connectivity index (χ0) is 17.2. The minimum Gasteiger partial charge on any atom is -0.478 e. The lowest BCUT2D eigenvalue weighted by atomic mass is 10.0. The number of unbranched alkanes of at least 4 members (excludes halogenated alkanes) is 5. The molecule has 0 heterocycles. The Morgan fingerprint density at radius 1 is 0.913 bits per heavy atom. The predicted octanol–water partition coefficient (Wildman–Crippen LogP) is 3.60. The molecule has 0 saturated heterocycles. The Kier molecular flexibility index (Phi) is 7.80. The zero-order valence-electron chi connectivity index (χ0n) is 13.2. The molecule has 0 spiro atoms. The number of hydrogen-bond donors (Lipinski definition) is 2. The fourth-order valence-electron chi connectivity index (χ4n) is 2.16. The lowest BCUT2D eigenvalue weighted by Crippen LogP contribution is -2.13. The summed E-state index contributed by atoms with van der Waals surface area (Å²) in [7, 11) is 0. The van der Waals surface area contributed by atoms with E-state index in [0.717, 1.165) is 31.7 Å². The van der Waals surface area contributed by atoms with Crippen molar-refractivity contribution in [3.63, 3.8) is 0 Å². The van der Waals surface area contributed by atoms with Gasteiger partial charge in [0.1, 0.15) is 0 Å². The Balaban J connectivity index is 2.58. The van der Waals surface area contributed by atoms with Crippen molar-refractivity contribution < 1.29 is 29.3 Å². The van der Waals surface area contributed by atoms with Crippen LogP contribution in [0.15, 0.2) is 18.2 Å². The molecule has 0 aromatic heterocycles. The van der Waals surface area contributed by atoms with Gasteiger partial charge in [0, 0.05) is 0 Å². The van der Waals surface area contributed by atoms with Crippen LogP contribution >= 0.6 is 0 Å². The third kappa shape index (κ3) is 6.10. The van der Waals surface area contributed by atoms with Crippen LogP contribution in [0.3, 0.4) is 0 Å². The number of esters is 1. The second-order valence-electron chi connectivity index (χ2n) is 5.27. The van der Waals surface area contributed by atoms with Gasteiger partial charge in [0.05, 0.1) is 23.3 Å². The summed E-state index contributed by atoms with van der Waals surface area (Å²) in [5.74, 6) is -3.35. The van der Waals surface area contributed by atoms with E-state index in [-0.39, 0.29) is 23.3 Å². The fraction of sp³-hybridized carbons (Fsp3) is 0.471. The van der Waals surface area contributed by atoms with Gasteiger partial charge in [-0.15, -0.1) is 0 Å². The van der Waals surface area contributed by atoms with Gasteiger partial charge in [-0.3, -0.25) is 0 Å². The van der Waals surface area contributed by atoms with Crippen LogP contribution in [0.4, 0.5) is 0 Å². The Hall–Kier alpha value is -2.37. The van der Waals surface area contributed by atoms with Crippen LogP contribution in [0.2, 0.25) is 0 Å². The molecule has 1 aromatic carbocycles. The molecular weight excluding hydrogens is 300 g/mol. The molecule has 0 aliphatic heterocycles. The Morgan fingerprint density at radius 2 is 1.57 bits per heavy atom. The van der Waals surface area contributed by atoms with E-state index in [1.54, 1.807) is 0 Å². The maximum atomic E-state index is 12.0. The first-order valence-corrected chi connectivity index (χ1v) is 7.75. The molecule has 1 aromatic rings. The fourth-order valence-corrected chi connectivity index (χ4v) is 2.16. The Bertz CT molecular complexity index is 564. The second kappa shape index (κ2) is 9.61. The molecule has 126 valence electrons. The minimum atomic E-state index is -1.36. The van der Waals surface area contributed by atoms with Crippen molar-refractivity contribution in [1.82, 2.24) is 0 Å². The van der Waals surface area contributed by atoms with Crippen molar-refractivity contribution in [2.45, 2.75) is 45.4 Å². The quantitative estimate of drug-likeness (QED) is 0.504. The van der Waals surface area contributed by atoms with Gasteiger partial charge in [-0.25, -0.2) is 14.4 Å². The van der Waals surface area contributed by atoms with Crippen LogP contribution in [-0.4, -0.2) is 34.7 Å². The highest BCUT2D eigenvalue weighted by atomic mass is 16.5. The maximum absolute atomic E-state index is 12.0. The van der Waals surface area contributed by atoms with E-state index < -0.39 is 17.9 Å². The van der Waals surface area contributed by atoms with Gasteiger partial charge in [-0.2, -0.15) is 0 Å². The van der Waals surface area contributed by atoms with Crippen molar-refractivity contribution in [2.75, 3.05) is 6.61 Å². The average Bonchev–Trinajstić information content (AvgIpc) is 2.53. The van der Waals surface area contributed by atoms with Crippen LogP contribution in [0.25, 0.3) is 0 Å². The van der Waals surface area contributed by atoms with Gasteiger partial charge in [0.25, 0.3) is 0 Å². The molecule has 1 rings (SSSR count). The van der Waals surface area contributed by atoms with Crippen LogP contribution in [-0.2, 0) is 4.74 Å². The number of benzene rings is 1. The van der Waals surface area contributed by atoms with Crippen LogP contribution in [0.5, 0.6) is 0 Å². The average molecular weight is 322 g/mol. The highest BCUT2D eigenvalue weighted by Crippen LogP contribution is 2.15. The van der Waals surface area contributed by atoms with E-state index in [1.165, 1.54) is 25.0 Å². The van der Waals surface area contributed by atoms with Crippen molar-refractivity contribution in [1.29, 1.82) is 0 Å². The van der Waals surface area contributed by atoms with Gasteiger partial charge in [0.15, 0.2) is 0 Å². The zero-order valence-corrected chi connectivity index (χ0v) is 13.2. The normalized spacial score (nSPS) is 10.3. The first-order chi connectivity index (χ1) is 11.0. The van der Waals surface area contributed by atoms with Crippen molar-refractivity contribution >= 4 is 17.9 Å². The summed E-state index contributed by atoms with van der Waals surface area (Å²) >= 11 is 0. The molecule has 0 saturated carbocycles. The van der Waals surface area contributed by atoms with Crippen LogP contribution in [0, 0.1) is 0 Å². The Labute approximate surface area is 135 Å². The highest BCUT2D eigenvalue weighted by molar-refractivity contribution is 6.04. The lowest BCUT2D eigenvalue weighted by molar-refractivity contribution is 0.0486. The van der Waals surface area contributed by atoms with Gasteiger partial charge < -0.3 is 14.9 Å². The van der Waals surface area contributed by atoms with Gasteiger partial charge in [-0.05, 0) is 24.6 Å². The number of carboxylic acid groups (broad SMARTS) is 2. The third-order valence-corrected chi connectivity index (χ3v) is 3.45. The van der Waals surface area contributed by atoms with E-state index in [9.17, 15) is 14.4 Å². The Morgan fingerprint density at radius 3 is 2.17 bits per heavy atom. The monoisotopic (exact) mass is 322 g/mol. The van der Waals surface area contributed by atoms with E-state index in [2.05, 4.69) is 6.92 Å². The smallest absolute Gasteiger partial charge is 0.339 e. The van der Waals surface area contributed by atoms with Crippen molar-refractivity contribution in [3.8, 4) is 0 Å². The number of ether oxygens (including phenoxy) is 1. The summed E-state index contributed by atoms with van der Waals surface area (Å²) in [6.07, 6.45) is 6.28. The van der Waals surface area contributed by atoms with Crippen LogP contribution in [0.1, 0.15) is 76.5 Å². The first-order valence-electron chi connectivity index (χ1n) is 7.75. The molecule has 0 amide bonds. The minimum absolute atomic E-state index is 0.131. The molecule has 6 nitrogen and oxygen atoms in total. The van der Waals surface area contributed by atoms with Crippen molar-refractivity contribution in [2.24, 2.45) is 0 Å². The van der Waals surface area contributed by atoms with Gasteiger partial charge in [-0.1, -0.05) is 39.0 Å². The molecule has 0 aliphatic rings.